The summed E-state index contributed by atoms with van der Waals surface area (Å²) in [5.74, 6) is 0.800. The average molecular weight is 217 g/mol. The van der Waals surface area contributed by atoms with Gasteiger partial charge >= 0.3 is 0 Å². The number of hydrogen-bond acceptors (Lipinski definition) is 1. The third kappa shape index (κ3) is 2.78. The van der Waals surface area contributed by atoms with Gasteiger partial charge in [-0.1, -0.05) is 26.0 Å². The fraction of sp³-hybridized carbons (Fsp3) is 0.600. The molecule has 0 bridgehead atoms. The normalized spacial score (nSPS) is 19.4. The van der Waals surface area contributed by atoms with E-state index in [-0.39, 0.29) is 0 Å². The molecule has 0 aliphatic carbocycles. The molecule has 0 saturated heterocycles. The molecule has 0 radical (unpaired) electrons. The van der Waals surface area contributed by atoms with Gasteiger partial charge in [0.05, 0.1) is 0 Å². The highest BCUT2D eigenvalue weighted by Crippen LogP contribution is 2.26. The molecular formula is C15H23N. The zero-order valence-corrected chi connectivity index (χ0v) is 10.7. The summed E-state index contributed by atoms with van der Waals surface area (Å²) in [6.45, 7) is 6.85. The van der Waals surface area contributed by atoms with Gasteiger partial charge in [0.1, 0.15) is 0 Å². The first-order valence-electron chi connectivity index (χ1n) is 6.53. The van der Waals surface area contributed by atoms with E-state index < -0.39 is 0 Å². The second-order valence-corrected chi connectivity index (χ2v) is 5.51. The van der Waals surface area contributed by atoms with Crippen LogP contribution >= 0.6 is 0 Å². The first-order chi connectivity index (χ1) is 7.65. The van der Waals surface area contributed by atoms with Gasteiger partial charge in [0.2, 0.25) is 0 Å². The van der Waals surface area contributed by atoms with Crippen molar-refractivity contribution in [1.29, 1.82) is 0 Å². The van der Waals surface area contributed by atoms with Crippen molar-refractivity contribution in [3.05, 3.63) is 29.3 Å². The van der Waals surface area contributed by atoms with Crippen LogP contribution in [0.3, 0.4) is 0 Å². The lowest BCUT2D eigenvalue weighted by atomic mass is 9.95. The predicted octanol–water partition coefficient (Wildman–Crippen LogP) is 4.02. The van der Waals surface area contributed by atoms with Crippen molar-refractivity contribution in [3.63, 3.8) is 0 Å². The zero-order valence-electron chi connectivity index (χ0n) is 10.7. The maximum atomic E-state index is 3.55. The van der Waals surface area contributed by atoms with E-state index in [2.05, 4.69) is 44.3 Å². The predicted molar refractivity (Wildman–Crippen MR) is 71.0 cm³/mol. The number of fused-ring (bicyclic) bond motifs is 1. The van der Waals surface area contributed by atoms with Crippen molar-refractivity contribution < 1.29 is 0 Å². The third-order valence-corrected chi connectivity index (χ3v) is 3.43. The molecule has 1 nitrogen and oxygen atoms in total. The highest BCUT2D eigenvalue weighted by Gasteiger charge is 2.13. The van der Waals surface area contributed by atoms with Crippen LogP contribution in [0.2, 0.25) is 0 Å². The Morgan fingerprint density at radius 3 is 2.94 bits per heavy atom. The van der Waals surface area contributed by atoms with E-state index in [1.165, 1.54) is 42.5 Å². The molecule has 1 aliphatic rings. The lowest BCUT2D eigenvalue weighted by Gasteiger charge is -2.24. The Kier molecular flexibility index (Phi) is 3.52. The summed E-state index contributed by atoms with van der Waals surface area (Å²) >= 11 is 0. The summed E-state index contributed by atoms with van der Waals surface area (Å²) in [7, 11) is 0. The van der Waals surface area contributed by atoms with Crippen molar-refractivity contribution in [2.45, 2.75) is 52.5 Å². The van der Waals surface area contributed by atoms with Crippen molar-refractivity contribution in [3.8, 4) is 0 Å². The molecule has 0 spiro atoms. The highest BCUT2D eigenvalue weighted by atomic mass is 14.9. The van der Waals surface area contributed by atoms with Gasteiger partial charge in [0.25, 0.3) is 0 Å². The number of rotatable bonds is 3. The second kappa shape index (κ2) is 4.90. The van der Waals surface area contributed by atoms with E-state index in [1.54, 1.807) is 0 Å². The van der Waals surface area contributed by atoms with Gasteiger partial charge in [-0.15, -0.1) is 0 Å². The lowest BCUT2D eigenvalue weighted by Crippen LogP contribution is -2.21. The zero-order chi connectivity index (χ0) is 11.5. The molecule has 2 rings (SSSR count). The van der Waals surface area contributed by atoms with E-state index in [0.717, 1.165) is 5.92 Å². The third-order valence-electron chi connectivity index (χ3n) is 3.43. The maximum Gasteiger partial charge on any atom is 0.0374 e. The molecule has 1 N–H and O–H groups in total. The standard InChI is InChI=1S/C15H23N/c1-11(2)4-6-13-7-9-15-14(10-13)8-5-12(3)16-15/h7,9-12,16H,4-6,8H2,1-3H3. The van der Waals surface area contributed by atoms with Crippen LogP contribution in [-0.4, -0.2) is 6.04 Å². The molecule has 1 unspecified atom stereocenters. The topological polar surface area (TPSA) is 12.0 Å². The van der Waals surface area contributed by atoms with Crippen LogP contribution < -0.4 is 5.32 Å². The van der Waals surface area contributed by atoms with Gasteiger partial charge < -0.3 is 5.32 Å². The Balaban J connectivity index is 2.07. The molecular weight excluding hydrogens is 194 g/mol. The van der Waals surface area contributed by atoms with Crippen LogP contribution in [-0.2, 0) is 12.8 Å². The number of hydrogen-bond donors (Lipinski definition) is 1. The van der Waals surface area contributed by atoms with Crippen LogP contribution in [0.5, 0.6) is 0 Å². The minimum Gasteiger partial charge on any atom is -0.382 e. The van der Waals surface area contributed by atoms with Crippen molar-refractivity contribution >= 4 is 5.69 Å². The van der Waals surface area contributed by atoms with Crippen LogP contribution in [0.1, 0.15) is 44.7 Å². The van der Waals surface area contributed by atoms with Crippen molar-refractivity contribution in [1.82, 2.24) is 0 Å². The quantitative estimate of drug-likeness (QED) is 0.806. The van der Waals surface area contributed by atoms with Crippen molar-refractivity contribution in [2.75, 3.05) is 5.32 Å². The van der Waals surface area contributed by atoms with E-state index >= 15 is 0 Å². The summed E-state index contributed by atoms with van der Waals surface area (Å²) in [5.41, 5.74) is 4.37. The number of aryl methyl sites for hydroxylation is 2. The smallest absolute Gasteiger partial charge is 0.0374 e. The maximum absolute atomic E-state index is 3.55. The molecule has 0 aromatic heterocycles. The second-order valence-electron chi connectivity index (χ2n) is 5.51. The molecule has 16 heavy (non-hydrogen) atoms. The molecule has 1 atom stereocenters. The number of benzene rings is 1. The number of nitrogens with one attached hydrogen (secondary N) is 1. The summed E-state index contributed by atoms with van der Waals surface area (Å²) < 4.78 is 0. The average Bonchev–Trinajstić information content (AvgIpc) is 2.26. The van der Waals surface area contributed by atoms with E-state index in [1.807, 2.05) is 0 Å². The largest absolute Gasteiger partial charge is 0.382 e. The Morgan fingerprint density at radius 1 is 1.38 bits per heavy atom. The van der Waals surface area contributed by atoms with E-state index in [4.69, 9.17) is 0 Å². The summed E-state index contributed by atoms with van der Waals surface area (Å²) in [5, 5.41) is 3.55. The molecule has 1 aromatic rings. The van der Waals surface area contributed by atoms with Crippen molar-refractivity contribution in [2.24, 2.45) is 5.92 Å². The number of anilines is 1. The summed E-state index contributed by atoms with van der Waals surface area (Å²) in [6, 6.07) is 7.58. The summed E-state index contributed by atoms with van der Waals surface area (Å²) in [4.78, 5) is 0. The van der Waals surface area contributed by atoms with Crippen LogP contribution in [0.25, 0.3) is 0 Å². The SMILES string of the molecule is CC(C)CCc1ccc2c(c1)CCC(C)N2. The lowest BCUT2D eigenvalue weighted by molar-refractivity contribution is 0.586. The first-order valence-corrected chi connectivity index (χ1v) is 6.53. The molecule has 0 saturated carbocycles. The Bertz CT molecular complexity index is 354. The molecule has 1 aromatic carbocycles. The molecule has 1 heterocycles. The minimum absolute atomic E-state index is 0.633. The first kappa shape index (κ1) is 11.5. The Hall–Kier alpha value is -0.980. The Morgan fingerprint density at radius 2 is 2.19 bits per heavy atom. The van der Waals surface area contributed by atoms with Crippen LogP contribution in [0.15, 0.2) is 18.2 Å². The van der Waals surface area contributed by atoms with Gasteiger partial charge in [-0.05, 0) is 55.7 Å². The highest BCUT2D eigenvalue weighted by molar-refractivity contribution is 5.55. The minimum atomic E-state index is 0.633. The van der Waals surface area contributed by atoms with Crippen LogP contribution in [0, 0.1) is 5.92 Å². The van der Waals surface area contributed by atoms with E-state index in [0.29, 0.717) is 6.04 Å². The van der Waals surface area contributed by atoms with Gasteiger partial charge in [-0.2, -0.15) is 0 Å². The van der Waals surface area contributed by atoms with Gasteiger partial charge in [-0.25, -0.2) is 0 Å². The monoisotopic (exact) mass is 217 g/mol. The molecule has 1 aliphatic heterocycles. The van der Waals surface area contributed by atoms with Gasteiger partial charge in [0.15, 0.2) is 0 Å². The van der Waals surface area contributed by atoms with Gasteiger partial charge in [-0.3, -0.25) is 0 Å². The van der Waals surface area contributed by atoms with E-state index in [9.17, 15) is 0 Å². The molecule has 88 valence electrons. The fourth-order valence-corrected chi connectivity index (χ4v) is 2.32. The molecule has 0 amide bonds. The molecule has 0 fully saturated rings. The molecule has 1 heteroatoms. The fourth-order valence-electron chi connectivity index (χ4n) is 2.32. The van der Waals surface area contributed by atoms with Crippen LogP contribution in [0.4, 0.5) is 5.69 Å². The Labute approximate surface area is 99.3 Å². The van der Waals surface area contributed by atoms with Gasteiger partial charge in [0, 0.05) is 11.7 Å². The summed E-state index contributed by atoms with van der Waals surface area (Å²) in [6.07, 6.45) is 5.02.